The minimum absolute atomic E-state index is 0.109. The van der Waals surface area contributed by atoms with Gasteiger partial charge in [0.25, 0.3) is 0 Å². The van der Waals surface area contributed by atoms with E-state index < -0.39 is 0 Å². The molecule has 0 aliphatic carbocycles. The zero-order valence-electron chi connectivity index (χ0n) is 11.7. The SMILES string of the molecule is CCC(C)C(CO)NC(C)CC(C)(C)OC. The zero-order chi connectivity index (χ0) is 12.8. The summed E-state index contributed by atoms with van der Waals surface area (Å²) < 4.78 is 5.41. The van der Waals surface area contributed by atoms with Crippen LogP contribution < -0.4 is 5.32 Å². The molecule has 0 aliphatic heterocycles. The lowest BCUT2D eigenvalue weighted by atomic mass is 9.95. The van der Waals surface area contributed by atoms with Crippen molar-refractivity contribution in [3.05, 3.63) is 0 Å². The molecular weight excluding hydrogens is 202 g/mol. The van der Waals surface area contributed by atoms with Crippen LogP contribution in [0.3, 0.4) is 0 Å². The second kappa shape index (κ2) is 7.25. The highest BCUT2D eigenvalue weighted by atomic mass is 16.5. The normalized spacial score (nSPS) is 18.2. The first-order valence-electron chi connectivity index (χ1n) is 6.28. The zero-order valence-corrected chi connectivity index (χ0v) is 11.7. The molecule has 3 unspecified atom stereocenters. The Morgan fingerprint density at radius 1 is 1.31 bits per heavy atom. The Labute approximate surface area is 101 Å². The van der Waals surface area contributed by atoms with Gasteiger partial charge in [-0.15, -0.1) is 0 Å². The van der Waals surface area contributed by atoms with E-state index in [4.69, 9.17) is 4.74 Å². The first kappa shape index (κ1) is 15.9. The van der Waals surface area contributed by atoms with E-state index in [0.29, 0.717) is 12.0 Å². The lowest BCUT2D eigenvalue weighted by Gasteiger charge is -2.31. The number of aliphatic hydroxyl groups is 1. The molecule has 0 spiro atoms. The molecule has 0 aromatic rings. The van der Waals surface area contributed by atoms with Gasteiger partial charge in [0.05, 0.1) is 12.2 Å². The molecule has 3 atom stereocenters. The van der Waals surface area contributed by atoms with Gasteiger partial charge in [0.15, 0.2) is 0 Å². The Bertz CT molecular complexity index is 183. The monoisotopic (exact) mass is 231 g/mol. The first-order valence-corrected chi connectivity index (χ1v) is 6.28. The van der Waals surface area contributed by atoms with Gasteiger partial charge in [-0.25, -0.2) is 0 Å². The van der Waals surface area contributed by atoms with Crippen molar-refractivity contribution in [3.63, 3.8) is 0 Å². The van der Waals surface area contributed by atoms with Gasteiger partial charge < -0.3 is 15.2 Å². The maximum Gasteiger partial charge on any atom is 0.0637 e. The van der Waals surface area contributed by atoms with Gasteiger partial charge in [0, 0.05) is 19.2 Å². The average molecular weight is 231 g/mol. The van der Waals surface area contributed by atoms with E-state index in [1.165, 1.54) is 0 Å². The molecule has 98 valence electrons. The molecule has 0 heterocycles. The van der Waals surface area contributed by atoms with Crippen LogP contribution in [0, 0.1) is 5.92 Å². The van der Waals surface area contributed by atoms with E-state index in [9.17, 15) is 5.11 Å². The number of hydrogen-bond donors (Lipinski definition) is 2. The van der Waals surface area contributed by atoms with Gasteiger partial charge in [-0.3, -0.25) is 0 Å². The fourth-order valence-electron chi connectivity index (χ4n) is 1.93. The van der Waals surface area contributed by atoms with Crippen molar-refractivity contribution in [2.24, 2.45) is 5.92 Å². The van der Waals surface area contributed by atoms with Crippen LogP contribution in [-0.4, -0.2) is 36.5 Å². The Morgan fingerprint density at radius 2 is 1.88 bits per heavy atom. The summed E-state index contributed by atoms with van der Waals surface area (Å²) in [7, 11) is 1.74. The van der Waals surface area contributed by atoms with Gasteiger partial charge in [-0.1, -0.05) is 20.3 Å². The van der Waals surface area contributed by atoms with Crippen molar-refractivity contribution in [3.8, 4) is 0 Å². The third kappa shape index (κ3) is 5.83. The van der Waals surface area contributed by atoms with Gasteiger partial charge in [0.1, 0.15) is 0 Å². The molecule has 2 N–H and O–H groups in total. The maximum absolute atomic E-state index is 9.34. The highest BCUT2D eigenvalue weighted by Crippen LogP contribution is 2.17. The Kier molecular flexibility index (Phi) is 7.20. The summed E-state index contributed by atoms with van der Waals surface area (Å²) in [6, 6.07) is 0.536. The standard InChI is InChI=1S/C13H29NO2/c1-7-10(2)12(9-15)14-11(3)8-13(4,5)16-6/h10-12,14-15H,7-9H2,1-6H3. The molecule has 0 saturated heterocycles. The number of ether oxygens (including phenoxy) is 1. The van der Waals surface area contributed by atoms with Gasteiger partial charge >= 0.3 is 0 Å². The van der Waals surface area contributed by atoms with Gasteiger partial charge in [-0.05, 0) is 33.1 Å². The maximum atomic E-state index is 9.34. The highest BCUT2D eigenvalue weighted by Gasteiger charge is 2.23. The minimum atomic E-state index is -0.109. The molecule has 0 fully saturated rings. The topological polar surface area (TPSA) is 41.5 Å². The second-order valence-electron chi connectivity index (χ2n) is 5.41. The summed E-state index contributed by atoms with van der Waals surface area (Å²) in [5, 5.41) is 12.8. The van der Waals surface area contributed by atoms with E-state index in [0.717, 1.165) is 12.8 Å². The third-order valence-corrected chi connectivity index (χ3v) is 3.38. The number of aliphatic hydroxyl groups excluding tert-OH is 1. The fourth-order valence-corrected chi connectivity index (χ4v) is 1.93. The quantitative estimate of drug-likeness (QED) is 0.673. The van der Waals surface area contributed by atoms with Crippen LogP contribution in [0.4, 0.5) is 0 Å². The Hall–Kier alpha value is -0.120. The molecule has 0 rings (SSSR count). The van der Waals surface area contributed by atoms with Crippen molar-refractivity contribution in [1.82, 2.24) is 5.32 Å². The molecule has 0 aromatic carbocycles. The summed E-state index contributed by atoms with van der Waals surface area (Å²) in [5.41, 5.74) is -0.109. The van der Waals surface area contributed by atoms with Crippen LogP contribution in [0.2, 0.25) is 0 Å². The minimum Gasteiger partial charge on any atom is -0.395 e. The van der Waals surface area contributed by atoms with Gasteiger partial charge in [0.2, 0.25) is 0 Å². The van der Waals surface area contributed by atoms with Crippen LogP contribution in [-0.2, 0) is 4.74 Å². The van der Waals surface area contributed by atoms with E-state index in [-0.39, 0.29) is 18.2 Å². The lowest BCUT2D eigenvalue weighted by molar-refractivity contribution is 0.00611. The van der Waals surface area contributed by atoms with Crippen molar-refractivity contribution in [2.75, 3.05) is 13.7 Å². The van der Waals surface area contributed by atoms with Crippen LogP contribution in [0.5, 0.6) is 0 Å². The van der Waals surface area contributed by atoms with Crippen LogP contribution in [0.25, 0.3) is 0 Å². The molecule has 3 heteroatoms. The molecule has 0 saturated carbocycles. The predicted molar refractivity (Wildman–Crippen MR) is 68.6 cm³/mol. The number of nitrogens with one attached hydrogen (secondary N) is 1. The van der Waals surface area contributed by atoms with E-state index in [1.807, 2.05) is 0 Å². The number of methoxy groups -OCH3 is 1. The highest BCUT2D eigenvalue weighted by molar-refractivity contribution is 4.80. The number of rotatable bonds is 8. The predicted octanol–water partition coefficient (Wildman–Crippen LogP) is 2.19. The second-order valence-corrected chi connectivity index (χ2v) is 5.41. The molecule has 0 radical (unpaired) electrons. The molecule has 0 amide bonds. The van der Waals surface area contributed by atoms with Crippen LogP contribution >= 0.6 is 0 Å². The number of hydrogen-bond acceptors (Lipinski definition) is 3. The van der Waals surface area contributed by atoms with Crippen LogP contribution in [0.1, 0.15) is 47.5 Å². The van der Waals surface area contributed by atoms with Crippen molar-refractivity contribution in [2.45, 2.75) is 65.1 Å². The molecule has 0 bridgehead atoms. The molecule has 16 heavy (non-hydrogen) atoms. The van der Waals surface area contributed by atoms with Crippen molar-refractivity contribution < 1.29 is 9.84 Å². The largest absolute Gasteiger partial charge is 0.395 e. The summed E-state index contributed by atoms with van der Waals surface area (Å²) in [6.07, 6.45) is 2.02. The smallest absolute Gasteiger partial charge is 0.0637 e. The van der Waals surface area contributed by atoms with Crippen molar-refractivity contribution >= 4 is 0 Å². The van der Waals surface area contributed by atoms with E-state index in [2.05, 4.69) is 39.9 Å². The Balaban J connectivity index is 4.15. The molecule has 3 nitrogen and oxygen atoms in total. The molecular formula is C13H29NO2. The van der Waals surface area contributed by atoms with E-state index >= 15 is 0 Å². The molecule has 0 aromatic heterocycles. The lowest BCUT2D eigenvalue weighted by Crippen LogP contribution is -2.45. The average Bonchev–Trinajstić information content (AvgIpc) is 2.24. The first-order chi connectivity index (χ1) is 7.36. The van der Waals surface area contributed by atoms with Gasteiger partial charge in [-0.2, -0.15) is 0 Å². The summed E-state index contributed by atoms with van der Waals surface area (Å²) in [6.45, 7) is 10.8. The Morgan fingerprint density at radius 3 is 2.25 bits per heavy atom. The van der Waals surface area contributed by atoms with Crippen molar-refractivity contribution in [1.29, 1.82) is 0 Å². The summed E-state index contributed by atoms with van der Waals surface area (Å²) >= 11 is 0. The van der Waals surface area contributed by atoms with Crippen LogP contribution in [0.15, 0.2) is 0 Å². The summed E-state index contributed by atoms with van der Waals surface area (Å²) in [5.74, 6) is 0.498. The summed E-state index contributed by atoms with van der Waals surface area (Å²) in [4.78, 5) is 0. The molecule has 0 aliphatic rings. The fraction of sp³-hybridized carbons (Fsp3) is 1.00. The van der Waals surface area contributed by atoms with E-state index in [1.54, 1.807) is 7.11 Å². The third-order valence-electron chi connectivity index (χ3n) is 3.38.